The zero-order valence-electron chi connectivity index (χ0n) is 15.8. The van der Waals surface area contributed by atoms with Gasteiger partial charge in [0, 0.05) is 5.92 Å². The van der Waals surface area contributed by atoms with E-state index in [0.29, 0.717) is 29.1 Å². The van der Waals surface area contributed by atoms with E-state index >= 15 is 0 Å². The molecule has 1 saturated heterocycles. The Morgan fingerprint density at radius 3 is 2.66 bits per heavy atom. The molecule has 5 atom stereocenters. The van der Waals surface area contributed by atoms with E-state index in [1.807, 2.05) is 0 Å². The fourth-order valence-corrected chi connectivity index (χ4v) is 5.10. The van der Waals surface area contributed by atoms with Crippen LogP contribution in [0.4, 0.5) is 10.5 Å². The Bertz CT molecular complexity index is 915. The number of β-lactam (4-membered cyclic amide) rings is 1. The van der Waals surface area contributed by atoms with Gasteiger partial charge in [0.2, 0.25) is 5.91 Å². The molecule has 0 aromatic heterocycles. The Labute approximate surface area is 172 Å². The van der Waals surface area contributed by atoms with Crippen LogP contribution < -0.4 is 10.6 Å². The van der Waals surface area contributed by atoms with Crippen LogP contribution in [0.1, 0.15) is 26.2 Å². The number of amides is 3. The highest BCUT2D eigenvalue weighted by Gasteiger charge is 2.62. The molecule has 1 aliphatic carbocycles. The number of para-hydroxylation sites is 1. The molecule has 1 aromatic carbocycles. The number of anilines is 1. The molecule has 1 saturated carbocycles. The third kappa shape index (κ3) is 3.16. The van der Waals surface area contributed by atoms with Gasteiger partial charge in [-0.15, -0.1) is 0 Å². The van der Waals surface area contributed by atoms with Crippen molar-refractivity contribution in [1.29, 1.82) is 0 Å². The first-order valence-corrected chi connectivity index (χ1v) is 9.99. The smallest absolute Gasteiger partial charge is 0.352 e. The van der Waals surface area contributed by atoms with E-state index in [2.05, 4.69) is 10.6 Å². The topological polar surface area (TPSA) is 119 Å². The molecule has 0 bridgehead atoms. The summed E-state index contributed by atoms with van der Waals surface area (Å²) in [6.07, 6.45) is 1.22. The number of benzene rings is 1. The van der Waals surface area contributed by atoms with Crippen molar-refractivity contribution in [2.75, 3.05) is 5.32 Å². The summed E-state index contributed by atoms with van der Waals surface area (Å²) in [5.41, 5.74) is 0.968. The molecular weight excluding hydrogens is 398 g/mol. The largest absolute Gasteiger partial charge is 0.477 e. The Morgan fingerprint density at radius 2 is 2.00 bits per heavy atom. The zero-order valence-corrected chi connectivity index (χ0v) is 16.5. The fraction of sp³-hybridized carbons (Fsp3) is 0.450. The van der Waals surface area contributed by atoms with Gasteiger partial charge >= 0.3 is 12.0 Å². The lowest BCUT2D eigenvalue weighted by Gasteiger charge is -2.47. The monoisotopic (exact) mass is 419 g/mol. The molecular formula is C20H22ClN3O5. The van der Waals surface area contributed by atoms with E-state index in [0.717, 1.165) is 6.42 Å². The van der Waals surface area contributed by atoms with Crippen LogP contribution in [-0.4, -0.2) is 51.2 Å². The molecule has 2 heterocycles. The zero-order chi connectivity index (χ0) is 20.9. The molecule has 29 heavy (non-hydrogen) atoms. The summed E-state index contributed by atoms with van der Waals surface area (Å²) in [4.78, 5) is 38.3. The van der Waals surface area contributed by atoms with E-state index in [1.165, 1.54) is 4.90 Å². The van der Waals surface area contributed by atoms with E-state index in [9.17, 15) is 24.6 Å². The van der Waals surface area contributed by atoms with E-state index in [-0.39, 0.29) is 23.6 Å². The van der Waals surface area contributed by atoms with Gasteiger partial charge in [0.25, 0.3) is 0 Å². The second kappa shape index (κ2) is 7.35. The highest BCUT2D eigenvalue weighted by Crippen LogP contribution is 2.52. The Kier molecular flexibility index (Phi) is 5.00. The number of carboxylic acids is 1. The minimum atomic E-state index is -1.19. The van der Waals surface area contributed by atoms with Gasteiger partial charge in [-0.25, -0.2) is 9.59 Å². The number of halogens is 1. The maximum Gasteiger partial charge on any atom is 0.352 e. The predicted octanol–water partition coefficient (Wildman–Crippen LogP) is 2.19. The first-order valence-electron chi connectivity index (χ1n) is 9.61. The molecule has 3 amide bonds. The summed E-state index contributed by atoms with van der Waals surface area (Å²) in [5.74, 6) is -2.35. The number of nitrogens with zero attached hydrogens (tertiary/aromatic N) is 1. The number of nitrogens with one attached hydrogen (secondary N) is 2. The first kappa shape index (κ1) is 19.7. The van der Waals surface area contributed by atoms with Crippen LogP contribution in [-0.2, 0) is 9.59 Å². The summed E-state index contributed by atoms with van der Waals surface area (Å²) < 4.78 is 0. The minimum Gasteiger partial charge on any atom is -0.477 e. The standard InChI is InChI=1S/C20H22ClN3O5/c1-9(25)14-16-10-5-4-8-13(15(10)17(19(27)28)24(16)18(14)26)23-20(29)22-12-7-3-2-6-11(12)21/h2-3,6-7,9-10,13-14,16,25H,4-5,8H2,1H3,(H,27,28)(H2,22,23,29)/t9?,10-,13-,14+,16+/m0/s1. The number of aliphatic hydroxyl groups is 1. The normalized spacial score (nSPS) is 28.9. The summed E-state index contributed by atoms with van der Waals surface area (Å²) in [7, 11) is 0. The average molecular weight is 420 g/mol. The summed E-state index contributed by atoms with van der Waals surface area (Å²) in [6, 6.07) is 5.46. The lowest BCUT2D eigenvalue weighted by molar-refractivity contribution is -0.163. The number of carboxylic acid groups (broad SMARTS) is 1. The molecule has 2 fully saturated rings. The number of carbonyl (C=O) groups excluding carboxylic acids is 2. The van der Waals surface area contributed by atoms with E-state index in [4.69, 9.17) is 11.6 Å². The second-order valence-corrected chi connectivity index (χ2v) is 8.15. The maximum atomic E-state index is 12.5. The fourth-order valence-electron chi connectivity index (χ4n) is 4.91. The Hall–Kier alpha value is -2.58. The van der Waals surface area contributed by atoms with Gasteiger partial charge in [-0.1, -0.05) is 30.2 Å². The molecule has 1 unspecified atom stereocenters. The van der Waals surface area contributed by atoms with Crippen molar-refractivity contribution < 1.29 is 24.6 Å². The number of carbonyl (C=O) groups is 3. The molecule has 0 radical (unpaired) electrons. The van der Waals surface area contributed by atoms with Gasteiger partial charge in [0.1, 0.15) is 5.70 Å². The van der Waals surface area contributed by atoms with Gasteiger partial charge in [0.05, 0.1) is 34.8 Å². The molecule has 1 aromatic rings. The van der Waals surface area contributed by atoms with Crippen LogP contribution in [0.3, 0.4) is 0 Å². The first-order chi connectivity index (χ1) is 13.8. The van der Waals surface area contributed by atoms with Crippen molar-refractivity contribution in [3.63, 3.8) is 0 Å². The quantitative estimate of drug-likeness (QED) is 0.558. The lowest BCUT2D eigenvalue weighted by Crippen LogP contribution is -2.64. The lowest BCUT2D eigenvalue weighted by atomic mass is 9.71. The second-order valence-electron chi connectivity index (χ2n) is 7.74. The van der Waals surface area contributed by atoms with Gasteiger partial charge in [0.15, 0.2) is 0 Å². The summed E-state index contributed by atoms with van der Waals surface area (Å²) >= 11 is 6.08. The van der Waals surface area contributed by atoms with Gasteiger partial charge in [-0.2, -0.15) is 0 Å². The third-order valence-electron chi connectivity index (χ3n) is 6.05. The van der Waals surface area contributed by atoms with Crippen molar-refractivity contribution >= 4 is 35.2 Å². The van der Waals surface area contributed by atoms with Crippen LogP contribution in [0.2, 0.25) is 5.02 Å². The molecule has 2 aliphatic heterocycles. The van der Waals surface area contributed by atoms with Gasteiger partial charge < -0.3 is 25.7 Å². The Morgan fingerprint density at radius 1 is 1.28 bits per heavy atom. The molecule has 4 N–H and O–H groups in total. The summed E-state index contributed by atoms with van der Waals surface area (Å²) in [6.45, 7) is 1.55. The Balaban J connectivity index is 1.59. The van der Waals surface area contributed by atoms with Crippen LogP contribution in [0, 0.1) is 11.8 Å². The number of hydrogen-bond donors (Lipinski definition) is 4. The van der Waals surface area contributed by atoms with Crippen LogP contribution in [0.25, 0.3) is 0 Å². The van der Waals surface area contributed by atoms with Crippen molar-refractivity contribution in [3.8, 4) is 0 Å². The number of hydrogen-bond acceptors (Lipinski definition) is 4. The van der Waals surface area contributed by atoms with Gasteiger partial charge in [-0.3, -0.25) is 4.79 Å². The summed E-state index contributed by atoms with van der Waals surface area (Å²) in [5, 5.41) is 25.7. The van der Waals surface area contributed by atoms with Crippen molar-refractivity contribution in [1.82, 2.24) is 10.2 Å². The van der Waals surface area contributed by atoms with E-state index in [1.54, 1.807) is 31.2 Å². The number of rotatable bonds is 4. The minimum absolute atomic E-state index is 0.0513. The SMILES string of the molecule is CC(O)[C@H]1C(=O)N2C(C(=O)O)=C3[C@@H](NC(=O)Nc4ccccc4Cl)CCC[C@@H]3[C@H]12. The number of aliphatic carboxylic acids is 1. The molecule has 4 rings (SSSR count). The van der Waals surface area contributed by atoms with Crippen LogP contribution >= 0.6 is 11.6 Å². The number of aliphatic hydroxyl groups excluding tert-OH is 1. The number of urea groups is 1. The molecule has 9 heteroatoms. The van der Waals surface area contributed by atoms with Crippen molar-refractivity contribution in [2.45, 2.75) is 44.4 Å². The maximum absolute atomic E-state index is 12.5. The molecule has 3 aliphatic rings. The van der Waals surface area contributed by atoms with Gasteiger partial charge in [-0.05, 0) is 37.5 Å². The number of fused-ring (bicyclic) bond motifs is 3. The van der Waals surface area contributed by atoms with E-state index < -0.39 is 30.1 Å². The predicted molar refractivity (Wildman–Crippen MR) is 105 cm³/mol. The van der Waals surface area contributed by atoms with Crippen LogP contribution in [0.5, 0.6) is 0 Å². The highest BCUT2D eigenvalue weighted by molar-refractivity contribution is 6.33. The third-order valence-corrected chi connectivity index (χ3v) is 6.38. The average Bonchev–Trinajstić information content (AvgIpc) is 2.95. The molecule has 0 spiro atoms. The van der Waals surface area contributed by atoms with Crippen molar-refractivity contribution in [2.24, 2.45) is 11.8 Å². The highest BCUT2D eigenvalue weighted by atomic mass is 35.5. The molecule has 8 nitrogen and oxygen atoms in total. The molecule has 154 valence electrons. The van der Waals surface area contributed by atoms with Crippen LogP contribution in [0.15, 0.2) is 35.5 Å². The van der Waals surface area contributed by atoms with Crippen molar-refractivity contribution in [3.05, 3.63) is 40.6 Å².